The molecule has 2 rings (SSSR count). The number of carbonyl (C=O) groups is 3. The number of ether oxygens (including phenoxy) is 1. The van der Waals surface area contributed by atoms with E-state index in [-0.39, 0.29) is 17.7 Å². The van der Waals surface area contributed by atoms with E-state index in [1.54, 1.807) is 25.7 Å². The topological polar surface area (TPSA) is 87.7 Å². The molecule has 0 fully saturated rings. The van der Waals surface area contributed by atoms with Gasteiger partial charge in [0, 0.05) is 17.5 Å². The molecule has 0 heterocycles. The van der Waals surface area contributed by atoms with Crippen LogP contribution in [-0.4, -0.2) is 46.2 Å². The molecule has 0 saturated carbocycles. The average Bonchev–Trinajstić information content (AvgIpc) is 2.81. The second-order valence-corrected chi connectivity index (χ2v) is 10.4. The zero-order chi connectivity index (χ0) is 27.0. The fraction of sp³-hybridized carbons (Fsp3) is 0.464. The van der Waals surface area contributed by atoms with Crippen molar-refractivity contribution in [2.24, 2.45) is 0 Å². The maximum atomic E-state index is 13.9. The summed E-state index contributed by atoms with van der Waals surface area (Å²) in [5.41, 5.74) is 2.58. The molecular formula is C28H39N3O4S. The predicted molar refractivity (Wildman–Crippen MR) is 147 cm³/mol. The van der Waals surface area contributed by atoms with Gasteiger partial charge in [0.25, 0.3) is 5.91 Å². The van der Waals surface area contributed by atoms with Crippen molar-refractivity contribution in [2.75, 3.05) is 11.1 Å². The molecule has 3 atom stereocenters. The molecule has 8 heteroatoms. The van der Waals surface area contributed by atoms with Crippen molar-refractivity contribution in [3.05, 3.63) is 65.2 Å². The molecule has 0 aliphatic heterocycles. The number of alkyl carbamates (subject to hydrolysis) is 1. The summed E-state index contributed by atoms with van der Waals surface area (Å²) >= 11 is 4.33. The van der Waals surface area contributed by atoms with Crippen molar-refractivity contribution in [2.45, 2.75) is 78.6 Å². The number of aryl methyl sites for hydroxylation is 2. The summed E-state index contributed by atoms with van der Waals surface area (Å²) in [5, 5.41) is 5.64. The molecule has 3 amide bonds. The van der Waals surface area contributed by atoms with Gasteiger partial charge in [0.05, 0.1) is 0 Å². The fourth-order valence-electron chi connectivity index (χ4n) is 3.71. The van der Waals surface area contributed by atoms with Crippen LogP contribution in [0.5, 0.6) is 0 Å². The quantitative estimate of drug-likeness (QED) is 0.390. The summed E-state index contributed by atoms with van der Waals surface area (Å²) in [6, 6.07) is 12.8. The third-order valence-corrected chi connectivity index (χ3v) is 6.18. The van der Waals surface area contributed by atoms with Gasteiger partial charge < -0.3 is 20.3 Å². The van der Waals surface area contributed by atoms with Crippen LogP contribution in [0, 0.1) is 13.8 Å². The van der Waals surface area contributed by atoms with Gasteiger partial charge in [-0.15, -0.1) is 0 Å². The van der Waals surface area contributed by atoms with E-state index in [4.69, 9.17) is 4.74 Å². The van der Waals surface area contributed by atoms with Gasteiger partial charge in [0.1, 0.15) is 17.7 Å². The molecule has 0 aliphatic carbocycles. The van der Waals surface area contributed by atoms with E-state index in [9.17, 15) is 14.4 Å². The lowest BCUT2D eigenvalue weighted by Crippen LogP contribution is -2.55. The molecular weight excluding hydrogens is 474 g/mol. The third-order valence-electron chi connectivity index (χ3n) is 5.81. The highest BCUT2D eigenvalue weighted by atomic mass is 32.1. The number of para-hydroxylation sites is 1. The van der Waals surface area contributed by atoms with Gasteiger partial charge >= 0.3 is 6.09 Å². The number of amides is 3. The zero-order valence-corrected chi connectivity index (χ0v) is 23.2. The summed E-state index contributed by atoms with van der Waals surface area (Å²) in [4.78, 5) is 41.7. The largest absolute Gasteiger partial charge is 0.444 e. The summed E-state index contributed by atoms with van der Waals surface area (Å²) in [5.74, 6) is -0.696. The van der Waals surface area contributed by atoms with Crippen molar-refractivity contribution < 1.29 is 19.1 Å². The van der Waals surface area contributed by atoms with Crippen LogP contribution in [0.2, 0.25) is 0 Å². The number of nitrogens with one attached hydrogen (secondary N) is 2. The Labute approximate surface area is 220 Å². The highest BCUT2D eigenvalue weighted by Gasteiger charge is 2.38. The Morgan fingerprint density at radius 1 is 1.03 bits per heavy atom. The summed E-state index contributed by atoms with van der Waals surface area (Å²) < 4.78 is 5.35. The second kappa shape index (κ2) is 12.8. The zero-order valence-electron chi connectivity index (χ0n) is 22.3. The van der Waals surface area contributed by atoms with E-state index in [1.165, 1.54) is 0 Å². The van der Waals surface area contributed by atoms with Gasteiger partial charge in [-0.3, -0.25) is 9.59 Å². The first-order valence-corrected chi connectivity index (χ1v) is 12.9. The first-order valence-electron chi connectivity index (χ1n) is 12.2. The van der Waals surface area contributed by atoms with Gasteiger partial charge in [-0.1, -0.05) is 55.0 Å². The van der Waals surface area contributed by atoms with Gasteiger partial charge in [0.15, 0.2) is 0 Å². The molecule has 0 spiro atoms. The van der Waals surface area contributed by atoms with Gasteiger partial charge in [0.2, 0.25) is 5.91 Å². The lowest BCUT2D eigenvalue weighted by molar-refractivity contribution is -0.142. The van der Waals surface area contributed by atoms with Crippen LogP contribution in [0.3, 0.4) is 0 Å². The number of nitrogens with zero attached hydrogens (tertiary/aromatic N) is 1. The lowest BCUT2D eigenvalue weighted by Gasteiger charge is -2.38. The number of hydrogen-bond acceptors (Lipinski definition) is 5. The maximum absolute atomic E-state index is 13.9. The predicted octanol–water partition coefficient (Wildman–Crippen LogP) is 5.43. The molecule has 36 heavy (non-hydrogen) atoms. The van der Waals surface area contributed by atoms with Crippen LogP contribution in [0.25, 0.3) is 0 Å². The van der Waals surface area contributed by atoms with Crippen molar-refractivity contribution in [3.63, 3.8) is 0 Å². The smallest absolute Gasteiger partial charge is 0.408 e. The van der Waals surface area contributed by atoms with Crippen molar-refractivity contribution >= 4 is 36.2 Å². The molecule has 0 aliphatic rings. The summed E-state index contributed by atoms with van der Waals surface area (Å²) in [6.45, 7) is 13.0. The molecule has 0 saturated heterocycles. The van der Waals surface area contributed by atoms with Crippen molar-refractivity contribution in [3.8, 4) is 0 Å². The molecule has 0 bridgehead atoms. The number of anilines is 1. The number of carbonyl (C=O) groups excluding carboxylic acids is 3. The van der Waals surface area contributed by atoms with E-state index in [0.29, 0.717) is 17.7 Å². The highest BCUT2D eigenvalue weighted by molar-refractivity contribution is 7.80. The Morgan fingerprint density at radius 3 is 2.17 bits per heavy atom. The summed E-state index contributed by atoms with van der Waals surface area (Å²) in [7, 11) is 0. The Morgan fingerprint density at radius 2 is 1.64 bits per heavy atom. The molecule has 3 unspecified atom stereocenters. The Bertz CT molecular complexity index is 1050. The monoisotopic (exact) mass is 513 g/mol. The maximum Gasteiger partial charge on any atom is 0.408 e. The molecule has 7 nitrogen and oxygen atoms in total. The summed E-state index contributed by atoms with van der Waals surface area (Å²) in [6.07, 6.45) is -0.104. The number of rotatable bonds is 9. The SMILES string of the molecule is CCC(C)N(C(=O)C(CS)NC(=O)OC(C)(C)C)C(C(=O)Nc1ccccc1C)c1ccc(C)cc1. The minimum atomic E-state index is -0.976. The van der Waals surface area contributed by atoms with Crippen molar-refractivity contribution in [1.29, 1.82) is 0 Å². The minimum Gasteiger partial charge on any atom is -0.444 e. The van der Waals surface area contributed by atoms with E-state index in [2.05, 4.69) is 23.3 Å². The van der Waals surface area contributed by atoms with Crippen LogP contribution in [0.4, 0.5) is 10.5 Å². The Balaban J connectivity index is 2.50. The molecule has 196 valence electrons. The number of benzene rings is 2. The first-order chi connectivity index (χ1) is 16.9. The van der Waals surface area contributed by atoms with Crippen LogP contribution < -0.4 is 10.6 Å². The number of thiol groups is 1. The lowest BCUT2D eigenvalue weighted by atomic mass is 9.99. The highest BCUT2D eigenvalue weighted by Crippen LogP contribution is 2.28. The Kier molecular flexibility index (Phi) is 10.4. The van der Waals surface area contributed by atoms with Gasteiger partial charge in [-0.2, -0.15) is 12.6 Å². The van der Waals surface area contributed by atoms with Crippen LogP contribution in [-0.2, 0) is 14.3 Å². The third kappa shape index (κ3) is 8.01. The van der Waals surface area contributed by atoms with Crippen LogP contribution in [0.1, 0.15) is 63.8 Å². The fourth-order valence-corrected chi connectivity index (χ4v) is 3.96. The average molecular weight is 514 g/mol. The van der Waals surface area contributed by atoms with E-state index in [1.807, 2.05) is 76.2 Å². The molecule has 0 aromatic heterocycles. The normalized spacial score (nSPS) is 13.8. The van der Waals surface area contributed by atoms with E-state index in [0.717, 1.165) is 11.1 Å². The molecule has 2 aromatic carbocycles. The van der Waals surface area contributed by atoms with E-state index < -0.39 is 29.7 Å². The number of hydrogen-bond donors (Lipinski definition) is 3. The molecule has 2 N–H and O–H groups in total. The van der Waals surface area contributed by atoms with Crippen molar-refractivity contribution in [1.82, 2.24) is 10.2 Å². The minimum absolute atomic E-state index is 0.0467. The molecule has 2 aromatic rings. The Hall–Kier alpha value is -3.00. The van der Waals surface area contributed by atoms with Crippen LogP contribution in [0.15, 0.2) is 48.5 Å². The standard InChI is InChI=1S/C28H39N3O4S/c1-8-20(4)31(26(33)23(17-36)30-27(34)35-28(5,6)7)24(21-15-13-18(2)14-16-21)25(32)29-22-12-10-9-11-19(22)3/h9-16,20,23-24,36H,8,17H2,1-7H3,(H,29,32)(H,30,34). The van der Waals surface area contributed by atoms with Gasteiger partial charge in [-0.25, -0.2) is 4.79 Å². The first kappa shape index (κ1) is 29.2. The van der Waals surface area contributed by atoms with Gasteiger partial charge in [-0.05, 0) is 65.2 Å². The van der Waals surface area contributed by atoms with Crippen LogP contribution >= 0.6 is 12.6 Å². The molecule has 0 radical (unpaired) electrons. The van der Waals surface area contributed by atoms with E-state index >= 15 is 0 Å². The second-order valence-electron chi connectivity index (χ2n) is 10.0.